The molecule has 1 N–H and O–H groups in total. The predicted octanol–water partition coefficient (Wildman–Crippen LogP) is 1.09. The number of rotatable bonds is 5. The molecule has 2 heterocycles. The van der Waals surface area contributed by atoms with Crippen LogP contribution in [-0.2, 0) is 16.0 Å². The zero-order valence-corrected chi connectivity index (χ0v) is 12.1. The summed E-state index contributed by atoms with van der Waals surface area (Å²) in [5.41, 5.74) is 1.15. The van der Waals surface area contributed by atoms with Crippen LogP contribution in [0.25, 0.3) is 0 Å². The molecule has 1 unspecified atom stereocenters. The Bertz CT molecular complexity index is 435. The van der Waals surface area contributed by atoms with Crippen LogP contribution in [0.1, 0.15) is 25.8 Å². The molecule has 0 aromatic carbocycles. The van der Waals surface area contributed by atoms with Crippen LogP contribution < -0.4 is 5.32 Å². The molecule has 0 saturated carbocycles. The molecule has 1 saturated heterocycles. The largest absolute Gasteiger partial charge is 0.373 e. The zero-order valence-electron chi connectivity index (χ0n) is 12.1. The molecule has 1 aliphatic rings. The van der Waals surface area contributed by atoms with Crippen LogP contribution >= 0.6 is 0 Å². The van der Waals surface area contributed by atoms with Gasteiger partial charge in [-0.15, -0.1) is 0 Å². The van der Waals surface area contributed by atoms with Crippen LogP contribution in [-0.4, -0.2) is 53.1 Å². The minimum Gasteiger partial charge on any atom is -0.373 e. The van der Waals surface area contributed by atoms with Gasteiger partial charge >= 0.3 is 0 Å². The maximum Gasteiger partial charge on any atom is 0.222 e. The van der Waals surface area contributed by atoms with Gasteiger partial charge in [0.25, 0.3) is 0 Å². The van der Waals surface area contributed by atoms with Gasteiger partial charge in [0.1, 0.15) is 0 Å². The highest BCUT2D eigenvalue weighted by molar-refractivity contribution is 5.73. The molecule has 20 heavy (non-hydrogen) atoms. The summed E-state index contributed by atoms with van der Waals surface area (Å²) in [6.45, 7) is 6.21. The lowest BCUT2D eigenvalue weighted by atomic mass is 10.2. The number of ether oxygens (including phenoxy) is 1. The number of hydrogen-bond donors (Lipinski definition) is 1. The van der Waals surface area contributed by atoms with E-state index in [9.17, 15) is 4.79 Å². The summed E-state index contributed by atoms with van der Waals surface area (Å²) in [5.74, 6) is 0.701. The maximum absolute atomic E-state index is 11.3. The van der Waals surface area contributed by atoms with E-state index < -0.39 is 0 Å². The summed E-state index contributed by atoms with van der Waals surface area (Å²) in [7, 11) is 0. The molecule has 1 atom stereocenters. The van der Waals surface area contributed by atoms with Gasteiger partial charge in [-0.3, -0.25) is 4.79 Å². The molecular weight excluding hydrogens is 256 g/mol. The van der Waals surface area contributed by atoms with Gasteiger partial charge in [0.2, 0.25) is 11.9 Å². The average molecular weight is 278 g/mol. The average Bonchev–Trinajstić information content (AvgIpc) is 2.47. The van der Waals surface area contributed by atoms with Gasteiger partial charge in [0.15, 0.2) is 0 Å². The predicted molar refractivity (Wildman–Crippen MR) is 76.5 cm³/mol. The second-order valence-electron chi connectivity index (χ2n) is 5.00. The first-order valence-corrected chi connectivity index (χ1v) is 7.11. The van der Waals surface area contributed by atoms with Crippen LogP contribution in [0.3, 0.4) is 0 Å². The van der Waals surface area contributed by atoms with Crippen molar-refractivity contribution >= 4 is 11.9 Å². The Morgan fingerprint density at radius 2 is 2.25 bits per heavy atom. The number of hydrogen-bond acceptors (Lipinski definition) is 5. The van der Waals surface area contributed by atoms with E-state index in [1.165, 1.54) is 0 Å². The van der Waals surface area contributed by atoms with Crippen LogP contribution in [0.15, 0.2) is 12.4 Å². The number of amides is 1. The Kier molecular flexibility index (Phi) is 5.29. The maximum atomic E-state index is 11.3. The van der Waals surface area contributed by atoms with Crippen molar-refractivity contribution in [3.63, 3.8) is 0 Å². The van der Waals surface area contributed by atoms with E-state index in [4.69, 9.17) is 4.74 Å². The Balaban J connectivity index is 1.80. The molecule has 0 spiro atoms. The Morgan fingerprint density at radius 1 is 1.50 bits per heavy atom. The van der Waals surface area contributed by atoms with Gasteiger partial charge in [-0.25, -0.2) is 9.97 Å². The van der Waals surface area contributed by atoms with E-state index in [0.717, 1.165) is 18.4 Å². The van der Waals surface area contributed by atoms with Crippen LogP contribution in [0.5, 0.6) is 0 Å². The van der Waals surface area contributed by atoms with Gasteiger partial charge in [-0.1, -0.05) is 13.3 Å². The van der Waals surface area contributed by atoms with Crippen molar-refractivity contribution < 1.29 is 9.53 Å². The molecule has 0 bridgehead atoms. The summed E-state index contributed by atoms with van der Waals surface area (Å²) in [4.78, 5) is 21.7. The van der Waals surface area contributed by atoms with Crippen LogP contribution in [0.4, 0.5) is 5.95 Å². The van der Waals surface area contributed by atoms with Gasteiger partial charge in [-0.2, -0.15) is 0 Å². The number of nitrogens with one attached hydrogen (secondary N) is 1. The molecule has 6 heteroatoms. The Labute approximate surface area is 119 Å². The molecule has 0 radical (unpaired) electrons. The van der Waals surface area contributed by atoms with Crippen LogP contribution in [0.2, 0.25) is 0 Å². The highest BCUT2D eigenvalue weighted by Gasteiger charge is 2.21. The molecule has 6 nitrogen and oxygen atoms in total. The number of nitrogens with zero attached hydrogens (tertiary/aromatic N) is 3. The van der Waals surface area contributed by atoms with E-state index in [1.807, 2.05) is 12.4 Å². The summed E-state index contributed by atoms with van der Waals surface area (Å²) in [5, 5.41) is 3.16. The van der Waals surface area contributed by atoms with Crippen molar-refractivity contribution in [3.8, 4) is 0 Å². The van der Waals surface area contributed by atoms with E-state index in [-0.39, 0.29) is 12.0 Å². The molecule has 110 valence electrons. The molecule has 1 aliphatic heterocycles. The van der Waals surface area contributed by atoms with Gasteiger partial charge in [0.05, 0.1) is 12.7 Å². The summed E-state index contributed by atoms with van der Waals surface area (Å²) in [6, 6.07) is 0. The number of aromatic nitrogens is 2. The molecule has 1 aromatic heterocycles. The topological polar surface area (TPSA) is 67.4 Å². The fourth-order valence-corrected chi connectivity index (χ4v) is 2.20. The van der Waals surface area contributed by atoms with E-state index >= 15 is 0 Å². The number of carbonyl (C=O) groups is 1. The highest BCUT2D eigenvalue weighted by Crippen LogP contribution is 2.07. The lowest BCUT2D eigenvalue weighted by Gasteiger charge is -2.32. The number of morpholine rings is 1. The van der Waals surface area contributed by atoms with Crippen molar-refractivity contribution in [3.05, 3.63) is 18.0 Å². The van der Waals surface area contributed by atoms with Crippen molar-refractivity contribution in [2.45, 2.75) is 32.8 Å². The van der Waals surface area contributed by atoms with Gasteiger partial charge < -0.3 is 15.0 Å². The van der Waals surface area contributed by atoms with E-state index in [2.05, 4.69) is 22.2 Å². The first-order chi connectivity index (χ1) is 9.69. The summed E-state index contributed by atoms with van der Waals surface area (Å²) >= 11 is 0. The molecule has 1 amide bonds. The fourth-order valence-electron chi connectivity index (χ4n) is 2.20. The molecule has 1 aromatic rings. The first kappa shape index (κ1) is 14.7. The second kappa shape index (κ2) is 7.19. The second-order valence-corrected chi connectivity index (χ2v) is 5.00. The quantitative estimate of drug-likeness (QED) is 0.873. The lowest BCUT2D eigenvalue weighted by molar-refractivity contribution is -0.135. The molecular formula is C14H22N4O2. The standard InChI is InChI=1S/C14H22N4O2/c1-3-4-12-7-15-14(16-8-12)17-9-13-10-18(11(2)19)5-6-20-13/h7-8,13H,3-6,9-10H2,1-2H3,(H,15,16,17). The van der Waals surface area contributed by atoms with Crippen molar-refractivity contribution in [1.82, 2.24) is 14.9 Å². The minimum atomic E-state index is -0.00781. The van der Waals surface area contributed by atoms with Crippen molar-refractivity contribution in [2.24, 2.45) is 0 Å². The SMILES string of the molecule is CCCc1cnc(NCC2CN(C(C)=O)CCO2)nc1. The van der Waals surface area contributed by atoms with E-state index in [1.54, 1.807) is 11.8 Å². The molecule has 2 rings (SSSR count). The third kappa shape index (κ3) is 4.16. The molecule has 0 aliphatic carbocycles. The monoisotopic (exact) mass is 278 g/mol. The Morgan fingerprint density at radius 3 is 2.90 bits per heavy atom. The van der Waals surface area contributed by atoms with Gasteiger partial charge in [-0.05, 0) is 12.0 Å². The smallest absolute Gasteiger partial charge is 0.222 e. The number of aryl methyl sites for hydroxylation is 1. The number of carbonyl (C=O) groups excluding carboxylic acids is 1. The zero-order chi connectivity index (χ0) is 14.4. The molecule has 1 fully saturated rings. The van der Waals surface area contributed by atoms with E-state index in [0.29, 0.717) is 32.2 Å². The lowest BCUT2D eigenvalue weighted by Crippen LogP contribution is -2.47. The van der Waals surface area contributed by atoms with Crippen molar-refractivity contribution in [2.75, 3.05) is 31.6 Å². The van der Waals surface area contributed by atoms with Crippen LogP contribution in [0, 0.1) is 0 Å². The van der Waals surface area contributed by atoms with Gasteiger partial charge in [0, 0.05) is 39.0 Å². The number of anilines is 1. The summed E-state index contributed by atoms with van der Waals surface area (Å²) in [6.07, 6.45) is 5.78. The Hall–Kier alpha value is -1.69. The third-order valence-electron chi connectivity index (χ3n) is 3.32. The third-order valence-corrected chi connectivity index (χ3v) is 3.32. The van der Waals surface area contributed by atoms with Crippen molar-refractivity contribution in [1.29, 1.82) is 0 Å². The fraction of sp³-hybridized carbons (Fsp3) is 0.643. The minimum absolute atomic E-state index is 0.00781. The first-order valence-electron chi connectivity index (χ1n) is 7.11. The highest BCUT2D eigenvalue weighted by atomic mass is 16.5. The summed E-state index contributed by atoms with van der Waals surface area (Å²) < 4.78 is 5.63. The normalized spacial score (nSPS) is 18.9.